The van der Waals surface area contributed by atoms with E-state index in [4.69, 9.17) is 14.2 Å². The van der Waals surface area contributed by atoms with E-state index in [9.17, 15) is 0 Å². The van der Waals surface area contributed by atoms with Crippen molar-refractivity contribution in [1.82, 2.24) is 5.32 Å². The maximum Gasteiger partial charge on any atom is 0.161 e. The van der Waals surface area contributed by atoms with Crippen LogP contribution in [0.15, 0.2) is 42.5 Å². The second-order valence-electron chi connectivity index (χ2n) is 6.89. The van der Waals surface area contributed by atoms with Crippen molar-refractivity contribution in [3.63, 3.8) is 0 Å². The summed E-state index contributed by atoms with van der Waals surface area (Å²) in [5, 5.41) is 3.57. The molecule has 2 aromatic carbocycles. The van der Waals surface area contributed by atoms with Crippen LogP contribution in [0.2, 0.25) is 0 Å². The number of nitrogens with one attached hydrogen (secondary N) is 1. The maximum atomic E-state index is 6.19. The van der Waals surface area contributed by atoms with Gasteiger partial charge in [-0.3, -0.25) is 0 Å². The highest BCUT2D eigenvalue weighted by molar-refractivity contribution is 5.43. The van der Waals surface area contributed by atoms with Crippen molar-refractivity contribution in [3.8, 4) is 17.2 Å². The van der Waals surface area contributed by atoms with Gasteiger partial charge in [0, 0.05) is 12.6 Å². The predicted molar refractivity (Wildman–Crippen MR) is 104 cm³/mol. The van der Waals surface area contributed by atoms with Gasteiger partial charge in [0.2, 0.25) is 0 Å². The molecule has 1 N–H and O–H groups in total. The molecule has 0 heterocycles. The zero-order valence-electron chi connectivity index (χ0n) is 16.0. The lowest BCUT2D eigenvalue weighted by Gasteiger charge is -2.18. The largest absolute Gasteiger partial charge is 0.497 e. The summed E-state index contributed by atoms with van der Waals surface area (Å²) in [7, 11) is 3.38. The molecule has 3 rings (SSSR count). The van der Waals surface area contributed by atoms with Gasteiger partial charge in [-0.2, -0.15) is 0 Å². The third-order valence-corrected chi connectivity index (χ3v) is 5.05. The van der Waals surface area contributed by atoms with Crippen LogP contribution >= 0.6 is 0 Å². The highest BCUT2D eigenvalue weighted by atomic mass is 16.5. The van der Waals surface area contributed by atoms with Gasteiger partial charge in [0.25, 0.3) is 0 Å². The van der Waals surface area contributed by atoms with Crippen molar-refractivity contribution >= 4 is 0 Å². The van der Waals surface area contributed by atoms with Crippen LogP contribution in [-0.4, -0.2) is 20.3 Å². The van der Waals surface area contributed by atoms with Crippen LogP contribution in [0.3, 0.4) is 0 Å². The molecule has 1 atom stereocenters. The standard InChI is InChI=1S/C22H29NO3/c1-16(18-9-11-19(24-2)12-10-18)23-15-17-8-13-21(25-3)22(14-17)26-20-6-4-5-7-20/h8-14,16,20,23H,4-7,15H2,1-3H3. The maximum absolute atomic E-state index is 6.19. The lowest BCUT2D eigenvalue weighted by Crippen LogP contribution is -2.18. The second-order valence-corrected chi connectivity index (χ2v) is 6.89. The molecule has 140 valence electrons. The third kappa shape index (κ3) is 4.70. The number of rotatable bonds is 8. The van der Waals surface area contributed by atoms with Crippen LogP contribution in [-0.2, 0) is 6.54 Å². The minimum absolute atomic E-state index is 0.252. The van der Waals surface area contributed by atoms with E-state index in [1.54, 1.807) is 14.2 Å². The summed E-state index contributed by atoms with van der Waals surface area (Å²) < 4.78 is 16.9. The fourth-order valence-electron chi connectivity index (χ4n) is 3.39. The van der Waals surface area contributed by atoms with E-state index in [1.165, 1.54) is 24.0 Å². The fraction of sp³-hybridized carbons (Fsp3) is 0.455. The van der Waals surface area contributed by atoms with Gasteiger partial charge in [0.05, 0.1) is 20.3 Å². The Morgan fingerprint density at radius 1 is 0.962 bits per heavy atom. The Labute approximate surface area is 156 Å². The molecule has 2 aromatic rings. The lowest BCUT2D eigenvalue weighted by atomic mass is 10.1. The molecule has 0 aliphatic heterocycles. The topological polar surface area (TPSA) is 39.7 Å². The van der Waals surface area contributed by atoms with E-state index < -0.39 is 0 Å². The Bertz CT molecular complexity index is 693. The Morgan fingerprint density at radius 2 is 1.69 bits per heavy atom. The average molecular weight is 355 g/mol. The van der Waals surface area contributed by atoms with Gasteiger partial charge in [0.15, 0.2) is 11.5 Å². The van der Waals surface area contributed by atoms with E-state index in [0.717, 1.165) is 36.6 Å². The van der Waals surface area contributed by atoms with Gasteiger partial charge in [-0.05, 0) is 68.0 Å². The highest BCUT2D eigenvalue weighted by Gasteiger charge is 2.18. The minimum atomic E-state index is 0.252. The summed E-state index contributed by atoms with van der Waals surface area (Å²) in [6.07, 6.45) is 5.12. The van der Waals surface area contributed by atoms with E-state index in [0.29, 0.717) is 6.10 Å². The molecule has 1 aliphatic carbocycles. The number of ether oxygens (including phenoxy) is 3. The van der Waals surface area contributed by atoms with Crippen LogP contribution in [0.5, 0.6) is 17.2 Å². The molecule has 0 saturated heterocycles. The van der Waals surface area contributed by atoms with Gasteiger partial charge in [-0.15, -0.1) is 0 Å². The normalized spacial score (nSPS) is 15.7. The van der Waals surface area contributed by atoms with Crippen molar-refractivity contribution in [1.29, 1.82) is 0 Å². The van der Waals surface area contributed by atoms with Crippen LogP contribution in [0.1, 0.15) is 49.8 Å². The van der Waals surface area contributed by atoms with Crippen molar-refractivity contribution < 1.29 is 14.2 Å². The van der Waals surface area contributed by atoms with Gasteiger partial charge in [-0.1, -0.05) is 18.2 Å². The summed E-state index contributed by atoms with van der Waals surface area (Å²) in [6.45, 7) is 2.94. The van der Waals surface area contributed by atoms with Gasteiger partial charge in [-0.25, -0.2) is 0 Å². The van der Waals surface area contributed by atoms with Crippen LogP contribution in [0.4, 0.5) is 0 Å². The summed E-state index contributed by atoms with van der Waals surface area (Å²) in [5.41, 5.74) is 2.43. The Kier molecular flexibility index (Phi) is 6.40. The molecular formula is C22H29NO3. The zero-order valence-corrected chi connectivity index (χ0v) is 16.0. The molecule has 26 heavy (non-hydrogen) atoms. The molecule has 4 nitrogen and oxygen atoms in total. The van der Waals surface area contributed by atoms with Crippen LogP contribution in [0, 0.1) is 0 Å². The number of hydrogen-bond acceptors (Lipinski definition) is 4. The molecular weight excluding hydrogens is 326 g/mol. The molecule has 1 saturated carbocycles. The molecule has 0 radical (unpaired) electrons. The van der Waals surface area contributed by atoms with Gasteiger partial charge in [0.1, 0.15) is 5.75 Å². The molecule has 0 amide bonds. The molecule has 1 unspecified atom stereocenters. The Morgan fingerprint density at radius 3 is 2.35 bits per heavy atom. The first kappa shape index (κ1) is 18.6. The monoisotopic (exact) mass is 355 g/mol. The fourth-order valence-corrected chi connectivity index (χ4v) is 3.39. The highest BCUT2D eigenvalue weighted by Crippen LogP contribution is 2.32. The number of benzene rings is 2. The second kappa shape index (κ2) is 8.95. The van der Waals surface area contributed by atoms with Crippen molar-refractivity contribution in [3.05, 3.63) is 53.6 Å². The van der Waals surface area contributed by atoms with Gasteiger partial charge < -0.3 is 19.5 Å². The number of hydrogen-bond donors (Lipinski definition) is 1. The quantitative estimate of drug-likeness (QED) is 0.733. The first-order valence-electron chi connectivity index (χ1n) is 9.40. The first-order chi connectivity index (χ1) is 12.7. The number of methoxy groups -OCH3 is 2. The molecule has 0 bridgehead atoms. The smallest absolute Gasteiger partial charge is 0.161 e. The summed E-state index contributed by atoms with van der Waals surface area (Å²) in [5.74, 6) is 2.55. The van der Waals surface area contributed by atoms with E-state index in [-0.39, 0.29) is 6.04 Å². The van der Waals surface area contributed by atoms with E-state index in [1.807, 2.05) is 18.2 Å². The Hall–Kier alpha value is -2.20. The van der Waals surface area contributed by atoms with Crippen LogP contribution in [0.25, 0.3) is 0 Å². The molecule has 4 heteroatoms. The summed E-state index contributed by atoms with van der Waals surface area (Å²) in [6, 6.07) is 14.6. The molecule has 0 spiro atoms. The Balaban J connectivity index is 1.62. The molecule has 1 aliphatic rings. The zero-order chi connectivity index (χ0) is 18.4. The van der Waals surface area contributed by atoms with E-state index in [2.05, 4.69) is 36.5 Å². The molecule has 1 fully saturated rings. The summed E-state index contributed by atoms with van der Waals surface area (Å²) in [4.78, 5) is 0. The first-order valence-corrected chi connectivity index (χ1v) is 9.40. The summed E-state index contributed by atoms with van der Waals surface area (Å²) >= 11 is 0. The van der Waals surface area contributed by atoms with E-state index >= 15 is 0 Å². The predicted octanol–water partition coefficient (Wildman–Crippen LogP) is 4.88. The van der Waals surface area contributed by atoms with Crippen molar-refractivity contribution in [2.45, 2.75) is 51.3 Å². The minimum Gasteiger partial charge on any atom is -0.497 e. The molecule has 0 aromatic heterocycles. The van der Waals surface area contributed by atoms with Gasteiger partial charge >= 0.3 is 0 Å². The lowest BCUT2D eigenvalue weighted by molar-refractivity contribution is 0.200. The SMILES string of the molecule is COc1ccc(C(C)NCc2ccc(OC)c(OC3CCCC3)c2)cc1. The van der Waals surface area contributed by atoms with Crippen LogP contribution < -0.4 is 19.5 Å². The van der Waals surface area contributed by atoms with Crippen molar-refractivity contribution in [2.75, 3.05) is 14.2 Å². The average Bonchev–Trinajstić information content (AvgIpc) is 3.19. The van der Waals surface area contributed by atoms with Crippen molar-refractivity contribution in [2.24, 2.45) is 0 Å². The third-order valence-electron chi connectivity index (χ3n) is 5.05.